The maximum atomic E-state index is 12.9. The number of anilines is 1. The predicted octanol–water partition coefficient (Wildman–Crippen LogP) is 4.89. The third-order valence-corrected chi connectivity index (χ3v) is 4.95. The Kier molecular flexibility index (Phi) is 5.92. The average Bonchev–Trinajstić information content (AvgIpc) is 3.46. The quantitative estimate of drug-likeness (QED) is 0.665. The summed E-state index contributed by atoms with van der Waals surface area (Å²) in [6.45, 7) is 4.21. The topological polar surface area (TPSA) is 58.2 Å². The smallest absolute Gasteiger partial charge is 0.253 e. The van der Waals surface area contributed by atoms with Crippen molar-refractivity contribution in [1.82, 2.24) is 5.32 Å². The van der Waals surface area contributed by atoms with Crippen molar-refractivity contribution in [3.8, 4) is 0 Å². The normalized spacial score (nSPS) is 14.8. The zero-order valence-electron chi connectivity index (χ0n) is 15.7. The largest absolute Gasteiger partial charge is 0.350 e. The second-order valence-electron chi connectivity index (χ2n) is 7.38. The molecule has 1 saturated carbocycles. The van der Waals surface area contributed by atoms with Crippen LogP contribution in [-0.2, 0) is 4.79 Å². The van der Waals surface area contributed by atoms with Crippen molar-refractivity contribution in [3.63, 3.8) is 0 Å². The van der Waals surface area contributed by atoms with Crippen molar-refractivity contribution in [1.29, 1.82) is 0 Å². The second kappa shape index (κ2) is 8.35. The molecule has 1 fully saturated rings. The van der Waals surface area contributed by atoms with E-state index >= 15 is 0 Å². The Bertz CT molecular complexity index is 796. The molecule has 4 nitrogen and oxygen atoms in total. The van der Waals surface area contributed by atoms with Gasteiger partial charge in [-0.15, -0.1) is 0 Å². The first-order chi connectivity index (χ1) is 12.6. The summed E-state index contributed by atoms with van der Waals surface area (Å²) < 4.78 is 0. The van der Waals surface area contributed by atoms with Gasteiger partial charge in [0.1, 0.15) is 0 Å². The van der Waals surface area contributed by atoms with E-state index in [2.05, 4.69) is 17.6 Å². The van der Waals surface area contributed by atoms with Gasteiger partial charge in [0, 0.05) is 12.0 Å². The number of hydrogen-bond donors (Lipinski definition) is 2. The van der Waals surface area contributed by atoms with Crippen LogP contribution in [0.25, 0.3) is 10.8 Å². The number of unbranched alkanes of at least 4 members (excludes halogenated alkanes) is 2. The van der Waals surface area contributed by atoms with Gasteiger partial charge in [-0.25, -0.2) is 0 Å². The number of rotatable bonds is 8. The highest BCUT2D eigenvalue weighted by atomic mass is 16.2. The number of amides is 2. The number of carbonyl (C=O) groups excluding carboxylic acids is 2. The lowest BCUT2D eigenvalue weighted by molar-refractivity contribution is -0.117. The first kappa shape index (κ1) is 18.4. The average molecular weight is 352 g/mol. The molecule has 0 radical (unpaired) electrons. The Hall–Kier alpha value is -2.36. The van der Waals surface area contributed by atoms with Gasteiger partial charge in [-0.1, -0.05) is 50.5 Å². The maximum absolute atomic E-state index is 12.9. The summed E-state index contributed by atoms with van der Waals surface area (Å²) in [5.74, 6) is 0.00141. The Labute approximate surface area is 155 Å². The van der Waals surface area contributed by atoms with Crippen LogP contribution in [0.3, 0.4) is 0 Å². The highest BCUT2D eigenvalue weighted by molar-refractivity contribution is 6.08. The van der Waals surface area contributed by atoms with Crippen molar-refractivity contribution in [2.75, 3.05) is 5.32 Å². The fraction of sp³-hybridized carbons (Fsp3) is 0.455. The van der Waals surface area contributed by atoms with Crippen LogP contribution in [0.1, 0.15) is 62.7 Å². The Morgan fingerprint density at radius 3 is 2.46 bits per heavy atom. The van der Waals surface area contributed by atoms with E-state index < -0.39 is 0 Å². The molecule has 0 saturated heterocycles. The molecule has 2 amide bonds. The van der Waals surface area contributed by atoms with Gasteiger partial charge in [0.25, 0.3) is 5.91 Å². The first-order valence-electron chi connectivity index (χ1n) is 9.73. The molecule has 26 heavy (non-hydrogen) atoms. The van der Waals surface area contributed by atoms with Gasteiger partial charge < -0.3 is 10.6 Å². The molecule has 0 heterocycles. The lowest BCUT2D eigenvalue weighted by Crippen LogP contribution is -2.33. The first-order valence-corrected chi connectivity index (χ1v) is 9.73. The van der Waals surface area contributed by atoms with E-state index in [1.165, 1.54) is 12.8 Å². The van der Waals surface area contributed by atoms with Crippen LogP contribution in [-0.4, -0.2) is 17.9 Å². The monoisotopic (exact) mass is 352 g/mol. The van der Waals surface area contributed by atoms with Crippen molar-refractivity contribution in [2.24, 2.45) is 5.92 Å². The number of hydrogen-bond acceptors (Lipinski definition) is 2. The van der Waals surface area contributed by atoms with Crippen molar-refractivity contribution in [2.45, 2.75) is 58.4 Å². The Morgan fingerprint density at radius 2 is 1.81 bits per heavy atom. The third kappa shape index (κ3) is 4.63. The van der Waals surface area contributed by atoms with Gasteiger partial charge in [0.05, 0.1) is 11.3 Å². The summed E-state index contributed by atoms with van der Waals surface area (Å²) in [7, 11) is 0. The molecule has 0 aromatic heterocycles. The number of benzene rings is 2. The zero-order chi connectivity index (χ0) is 18.5. The van der Waals surface area contributed by atoms with Crippen molar-refractivity contribution < 1.29 is 9.59 Å². The van der Waals surface area contributed by atoms with Crippen LogP contribution in [0, 0.1) is 5.92 Å². The minimum absolute atomic E-state index is 0.0188. The van der Waals surface area contributed by atoms with E-state index in [0.717, 1.165) is 36.5 Å². The molecular formula is C22H28N2O2. The molecule has 2 aromatic rings. The zero-order valence-corrected chi connectivity index (χ0v) is 15.7. The molecule has 1 aliphatic rings. The molecule has 3 rings (SSSR count). The molecule has 2 N–H and O–H groups in total. The van der Waals surface area contributed by atoms with E-state index in [0.29, 0.717) is 11.3 Å². The molecule has 4 heteroatoms. The molecule has 0 spiro atoms. The van der Waals surface area contributed by atoms with E-state index in [9.17, 15) is 9.59 Å². The second-order valence-corrected chi connectivity index (χ2v) is 7.38. The predicted molar refractivity (Wildman–Crippen MR) is 106 cm³/mol. The van der Waals surface area contributed by atoms with Crippen LogP contribution in [0.5, 0.6) is 0 Å². The van der Waals surface area contributed by atoms with Gasteiger partial charge in [-0.2, -0.15) is 0 Å². The van der Waals surface area contributed by atoms with E-state index in [-0.39, 0.29) is 23.8 Å². The molecule has 0 aliphatic heterocycles. The summed E-state index contributed by atoms with van der Waals surface area (Å²) in [5.41, 5.74) is 1.15. The molecule has 2 aromatic carbocycles. The molecular weight excluding hydrogens is 324 g/mol. The summed E-state index contributed by atoms with van der Waals surface area (Å²) in [4.78, 5) is 25.1. The highest BCUT2D eigenvalue weighted by Crippen LogP contribution is 2.32. The van der Waals surface area contributed by atoms with Crippen LogP contribution in [0.4, 0.5) is 5.69 Å². The van der Waals surface area contributed by atoms with Gasteiger partial charge in [0.15, 0.2) is 0 Å². The van der Waals surface area contributed by atoms with Gasteiger partial charge >= 0.3 is 0 Å². The van der Waals surface area contributed by atoms with Gasteiger partial charge in [0.2, 0.25) is 5.91 Å². The lowest BCUT2D eigenvalue weighted by Gasteiger charge is -2.17. The number of nitrogens with one attached hydrogen (secondary N) is 2. The van der Waals surface area contributed by atoms with Crippen LogP contribution < -0.4 is 10.6 Å². The standard InChI is InChI=1S/C22H28N2O2/c1-3-4-5-8-15(2)23-22(26)19-13-17-9-6-7-10-18(17)14-20(19)24-21(25)16-11-12-16/h6-7,9-10,13-16H,3-5,8,11-12H2,1-2H3,(H,23,26)(H,24,25). The minimum Gasteiger partial charge on any atom is -0.350 e. The Balaban J connectivity index is 1.81. The van der Waals surface area contributed by atoms with Crippen LogP contribution in [0.2, 0.25) is 0 Å². The number of carbonyl (C=O) groups is 2. The molecule has 0 bridgehead atoms. The molecule has 138 valence electrons. The fourth-order valence-corrected chi connectivity index (χ4v) is 3.19. The van der Waals surface area contributed by atoms with Crippen LogP contribution in [0.15, 0.2) is 36.4 Å². The summed E-state index contributed by atoms with van der Waals surface area (Å²) in [5, 5.41) is 8.08. The van der Waals surface area contributed by atoms with Gasteiger partial charge in [-0.05, 0) is 49.1 Å². The fourth-order valence-electron chi connectivity index (χ4n) is 3.19. The SMILES string of the molecule is CCCCCC(C)NC(=O)c1cc2ccccc2cc1NC(=O)C1CC1. The van der Waals surface area contributed by atoms with Crippen molar-refractivity contribution in [3.05, 3.63) is 42.0 Å². The van der Waals surface area contributed by atoms with E-state index in [1.807, 2.05) is 43.3 Å². The summed E-state index contributed by atoms with van der Waals surface area (Å²) in [6, 6.07) is 11.8. The summed E-state index contributed by atoms with van der Waals surface area (Å²) >= 11 is 0. The summed E-state index contributed by atoms with van der Waals surface area (Å²) in [6.07, 6.45) is 6.31. The van der Waals surface area contributed by atoms with Crippen molar-refractivity contribution >= 4 is 28.3 Å². The number of fused-ring (bicyclic) bond motifs is 1. The van der Waals surface area contributed by atoms with E-state index in [4.69, 9.17) is 0 Å². The molecule has 1 aliphatic carbocycles. The highest BCUT2D eigenvalue weighted by Gasteiger charge is 2.30. The lowest BCUT2D eigenvalue weighted by atomic mass is 10.0. The maximum Gasteiger partial charge on any atom is 0.253 e. The van der Waals surface area contributed by atoms with Gasteiger partial charge in [-0.3, -0.25) is 9.59 Å². The molecule has 1 atom stereocenters. The minimum atomic E-state index is -0.120. The molecule has 1 unspecified atom stereocenters. The third-order valence-electron chi connectivity index (χ3n) is 4.95. The van der Waals surface area contributed by atoms with E-state index in [1.54, 1.807) is 0 Å². The van der Waals surface area contributed by atoms with Crippen LogP contribution >= 0.6 is 0 Å². The Morgan fingerprint density at radius 1 is 1.12 bits per heavy atom.